The second-order valence-electron chi connectivity index (χ2n) is 12.5. The van der Waals surface area contributed by atoms with Crippen LogP contribution >= 0.6 is 0 Å². The summed E-state index contributed by atoms with van der Waals surface area (Å²) in [5.41, 5.74) is 3.78. The highest BCUT2D eigenvalue weighted by atomic mass is 32.2. The number of hydrogen-bond acceptors (Lipinski definition) is 7. The van der Waals surface area contributed by atoms with Crippen molar-refractivity contribution in [3.8, 4) is 11.1 Å². The first-order valence-corrected chi connectivity index (χ1v) is 17.2. The first-order valence-electron chi connectivity index (χ1n) is 15.7. The molecule has 0 bridgehead atoms. The second kappa shape index (κ2) is 13.2. The highest BCUT2D eigenvalue weighted by Gasteiger charge is 2.49. The predicted molar refractivity (Wildman–Crippen MR) is 172 cm³/mol. The zero-order valence-corrected chi connectivity index (χ0v) is 27.3. The lowest BCUT2D eigenvalue weighted by Gasteiger charge is -2.23. The number of sulfonamides is 1. The molecule has 1 spiro atoms. The monoisotopic (exact) mass is 620 g/mol. The van der Waals surface area contributed by atoms with Gasteiger partial charge in [-0.25, -0.2) is 13.1 Å². The van der Waals surface area contributed by atoms with Crippen molar-refractivity contribution in [2.75, 3.05) is 11.3 Å². The number of nitrogens with zero attached hydrogens (tertiary/aromatic N) is 3. The van der Waals surface area contributed by atoms with Gasteiger partial charge in [0, 0.05) is 24.2 Å². The van der Waals surface area contributed by atoms with E-state index in [9.17, 15) is 13.2 Å². The van der Waals surface area contributed by atoms with E-state index in [1.54, 1.807) is 32.0 Å². The molecule has 1 N–H and O–H groups in total. The number of aryl methyl sites for hydroxylation is 1. The van der Waals surface area contributed by atoms with E-state index < -0.39 is 15.6 Å². The molecule has 1 fully saturated rings. The number of rotatable bonds is 13. The summed E-state index contributed by atoms with van der Waals surface area (Å²) in [7, 11) is -4.01. The number of amides is 1. The lowest BCUT2D eigenvalue weighted by atomic mass is 9.96. The Morgan fingerprint density at radius 3 is 2.52 bits per heavy atom. The molecular weight excluding hydrogens is 576 g/mol. The van der Waals surface area contributed by atoms with Crippen molar-refractivity contribution in [2.45, 2.75) is 103 Å². The molecule has 2 aliphatic rings. The number of carbonyl (C=O) groups excluding carboxylic acids is 1. The van der Waals surface area contributed by atoms with Crippen LogP contribution in [0.4, 0.5) is 5.88 Å². The third kappa shape index (κ3) is 6.61. The fourth-order valence-corrected chi connectivity index (χ4v) is 7.29. The normalized spacial score (nSPS) is 16.4. The highest BCUT2D eigenvalue weighted by Crippen LogP contribution is 2.40. The fourth-order valence-electron chi connectivity index (χ4n) is 6.02. The maximum absolute atomic E-state index is 13.8. The summed E-state index contributed by atoms with van der Waals surface area (Å²) in [5, 5.41) is 3.88. The topological polar surface area (TPSA) is 114 Å². The van der Waals surface area contributed by atoms with Crippen molar-refractivity contribution >= 4 is 27.7 Å². The van der Waals surface area contributed by atoms with Crippen LogP contribution in [0.15, 0.2) is 56.9 Å². The maximum atomic E-state index is 13.8. The minimum absolute atomic E-state index is 0.101. The Labute approximate surface area is 261 Å². The van der Waals surface area contributed by atoms with E-state index in [0.29, 0.717) is 42.5 Å². The number of benzene rings is 2. The molecule has 1 aromatic heterocycles. The van der Waals surface area contributed by atoms with Gasteiger partial charge in [0.15, 0.2) is 0 Å². The Bertz CT molecular complexity index is 1640. The Hall–Kier alpha value is -3.50. The summed E-state index contributed by atoms with van der Waals surface area (Å²) in [6.07, 6.45) is 6.50. The summed E-state index contributed by atoms with van der Waals surface area (Å²) in [4.78, 5) is 20.8. The Balaban J connectivity index is 1.50. The first kappa shape index (κ1) is 31.9. The van der Waals surface area contributed by atoms with Gasteiger partial charge in [-0.2, -0.15) is 0 Å². The predicted octanol–water partition coefficient (Wildman–Crippen LogP) is 7.18. The molecular formula is C34H44N4O5S. The van der Waals surface area contributed by atoms with Crippen molar-refractivity contribution < 1.29 is 22.5 Å². The summed E-state index contributed by atoms with van der Waals surface area (Å²) in [6, 6.07) is 12.9. The quantitative estimate of drug-likeness (QED) is 0.217. The summed E-state index contributed by atoms with van der Waals surface area (Å²) in [5.74, 6) is 1.45. The van der Waals surface area contributed by atoms with Crippen LogP contribution in [0.5, 0.6) is 0 Å². The van der Waals surface area contributed by atoms with E-state index in [2.05, 4.69) is 30.6 Å². The number of unbranched alkanes of at least 4 members (excludes halogenated alkanes) is 1. The Morgan fingerprint density at radius 1 is 1.09 bits per heavy atom. The standard InChI is InChI=1S/C34H44N4O5S/c1-6-7-14-31-35-34(17-10-11-18-34)33(39)38(31)20-26-15-16-28(27(19-26)22-42-21-23(2)3)29-12-8-9-13-30(29)44(40,41)37-32-24(4)25(5)36-43-32/h8-9,12-13,15-16,19,23,37H,6-7,10-11,14,17-18,20-22H2,1-5H3. The maximum Gasteiger partial charge on any atom is 0.264 e. The molecule has 0 radical (unpaired) electrons. The van der Waals surface area contributed by atoms with E-state index >= 15 is 0 Å². The van der Waals surface area contributed by atoms with Crippen molar-refractivity contribution in [1.82, 2.24) is 10.1 Å². The summed E-state index contributed by atoms with van der Waals surface area (Å²) >= 11 is 0. The van der Waals surface area contributed by atoms with Crippen molar-refractivity contribution in [3.05, 3.63) is 64.8 Å². The van der Waals surface area contributed by atoms with Crippen LogP contribution in [0.2, 0.25) is 0 Å². The molecule has 10 heteroatoms. The van der Waals surface area contributed by atoms with Gasteiger partial charge in [0.25, 0.3) is 15.9 Å². The SMILES string of the molecule is CCCCC1=NC2(CCCC2)C(=O)N1Cc1ccc(-c2ccccc2S(=O)(=O)Nc2onc(C)c2C)c(COCC(C)C)c1. The van der Waals surface area contributed by atoms with E-state index in [4.69, 9.17) is 14.3 Å². The van der Waals surface area contributed by atoms with Gasteiger partial charge in [0.1, 0.15) is 11.4 Å². The van der Waals surface area contributed by atoms with Crippen molar-refractivity contribution in [2.24, 2.45) is 10.9 Å². The van der Waals surface area contributed by atoms with Gasteiger partial charge < -0.3 is 9.26 Å². The molecule has 2 aromatic carbocycles. The second-order valence-corrected chi connectivity index (χ2v) is 14.1. The van der Waals surface area contributed by atoms with Crippen LogP contribution in [-0.2, 0) is 32.7 Å². The van der Waals surface area contributed by atoms with Gasteiger partial charge >= 0.3 is 0 Å². The van der Waals surface area contributed by atoms with Gasteiger partial charge in [0.2, 0.25) is 5.88 Å². The number of hydrogen-bond donors (Lipinski definition) is 1. The fraction of sp³-hybridized carbons (Fsp3) is 0.500. The van der Waals surface area contributed by atoms with Gasteiger partial charge in [-0.1, -0.05) is 81.6 Å². The first-order chi connectivity index (χ1) is 21.0. The minimum atomic E-state index is -4.01. The van der Waals surface area contributed by atoms with Crippen LogP contribution in [0.3, 0.4) is 0 Å². The molecule has 5 rings (SSSR count). The highest BCUT2D eigenvalue weighted by molar-refractivity contribution is 7.92. The number of aromatic nitrogens is 1. The van der Waals surface area contributed by atoms with Gasteiger partial charge in [-0.15, -0.1) is 0 Å². The lowest BCUT2D eigenvalue weighted by Crippen LogP contribution is -2.40. The Kier molecular flexibility index (Phi) is 9.60. The van der Waals surface area contributed by atoms with Gasteiger partial charge in [-0.3, -0.25) is 14.7 Å². The van der Waals surface area contributed by atoms with Crippen LogP contribution in [0.25, 0.3) is 11.1 Å². The Morgan fingerprint density at radius 2 is 1.84 bits per heavy atom. The largest absolute Gasteiger partial charge is 0.376 e. The minimum Gasteiger partial charge on any atom is -0.376 e. The molecule has 236 valence electrons. The lowest BCUT2D eigenvalue weighted by molar-refractivity contribution is -0.131. The van der Waals surface area contributed by atoms with Gasteiger partial charge in [0.05, 0.1) is 23.7 Å². The summed E-state index contributed by atoms with van der Waals surface area (Å²) in [6.45, 7) is 11.1. The number of nitrogens with one attached hydrogen (secondary N) is 1. The van der Waals surface area contributed by atoms with Crippen LogP contribution < -0.4 is 4.72 Å². The number of ether oxygens (including phenoxy) is 1. The average molecular weight is 621 g/mol. The third-order valence-corrected chi connectivity index (χ3v) is 9.94. The molecule has 2 heterocycles. The molecule has 3 aromatic rings. The zero-order valence-electron chi connectivity index (χ0n) is 26.5. The van der Waals surface area contributed by atoms with Gasteiger partial charge in [-0.05, 0) is 61.8 Å². The molecule has 1 saturated carbocycles. The molecule has 44 heavy (non-hydrogen) atoms. The smallest absolute Gasteiger partial charge is 0.264 e. The van der Waals surface area contributed by atoms with Crippen molar-refractivity contribution in [3.63, 3.8) is 0 Å². The third-order valence-electron chi connectivity index (χ3n) is 8.55. The summed E-state index contributed by atoms with van der Waals surface area (Å²) < 4.78 is 41.2. The number of aliphatic imine (C=N–C) groups is 1. The van der Waals surface area contributed by atoms with E-state index in [1.807, 2.05) is 29.2 Å². The van der Waals surface area contributed by atoms with E-state index in [1.165, 1.54) is 0 Å². The molecule has 1 aliphatic heterocycles. The average Bonchev–Trinajstić information content (AvgIpc) is 3.67. The van der Waals surface area contributed by atoms with Crippen LogP contribution in [-0.4, -0.2) is 42.4 Å². The van der Waals surface area contributed by atoms with E-state index in [0.717, 1.165) is 67.5 Å². The molecule has 0 atom stereocenters. The van der Waals surface area contributed by atoms with Crippen molar-refractivity contribution in [1.29, 1.82) is 0 Å². The van der Waals surface area contributed by atoms with Crippen LogP contribution in [0, 0.1) is 19.8 Å². The number of anilines is 1. The number of amidine groups is 1. The number of carbonyl (C=O) groups is 1. The molecule has 0 unspecified atom stereocenters. The van der Waals surface area contributed by atoms with Crippen LogP contribution in [0.1, 0.15) is 88.1 Å². The molecule has 1 amide bonds. The van der Waals surface area contributed by atoms with E-state index in [-0.39, 0.29) is 16.7 Å². The zero-order chi connectivity index (χ0) is 31.5. The molecule has 0 saturated heterocycles. The molecule has 9 nitrogen and oxygen atoms in total. The molecule has 1 aliphatic carbocycles.